The minimum atomic E-state index is -0.728. The molecule has 1 heterocycles. The number of nitrogens with one attached hydrogen (secondary N) is 1. The highest BCUT2D eigenvalue weighted by molar-refractivity contribution is 7.09. The Labute approximate surface area is 86.0 Å². The monoisotopic (exact) mass is 212 g/mol. The lowest BCUT2D eigenvalue weighted by atomic mass is 9.77. The van der Waals surface area contributed by atoms with Crippen molar-refractivity contribution in [3.05, 3.63) is 16.6 Å². The zero-order valence-electron chi connectivity index (χ0n) is 7.69. The number of carbonyl (C=O) groups is 1. The molecule has 0 bridgehead atoms. The fraction of sp³-hybridized carbons (Fsp3) is 0.556. The second-order valence-corrected chi connectivity index (χ2v) is 4.53. The lowest BCUT2D eigenvalue weighted by Crippen LogP contribution is -2.56. The SMILES string of the molecule is O=C(O)C1(NCc2cncs2)CCC1. The van der Waals surface area contributed by atoms with Gasteiger partial charge in [0.2, 0.25) is 0 Å². The lowest BCUT2D eigenvalue weighted by molar-refractivity contribution is -0.148. The second kappa shape index (κ2) is 3.67. The van der Waals surface area contributed by atoms with Crippen LogP contribution in [-0.4, -0.2) is 21.6 Å². The molecule has 0 amide bonds. The van der Waals surface area contributed by atoms with Gasteiger partial charge in [0.05, 0.1) is 5.51 Å². The van der Waals surface area contributed by atoms with E-state index in [9.17, 15) is 4.79 Å². The van der Waals surface area contributed by atoms with E-state index in [-0.39, 0.29) is 0 Å². The minimum absolute atomic E-state index is 0.608. The van der Waals surface area contributed by atoms with Crippen LogP contribution in [0.3, 0.4) is 0 Å². The van der Waals surface area contributed by atoms with Crippen molar-refractivity contribution in [2.45, 2.75) is 31.3 Å². The summed E-state index contributed by atoms with van der Waals surface area (Å²) in [5.41, 5.74) is 1.09. The first-order valence-corrected chi connectivity index (χ1v) is 5.47. The van der Waals surface area contributed by atoms with Gasteiger partial charge >= 0.3 is 5.97 Å². The van der Waals surface area contributed by atoms with Crippen molar-refractivity contribution in [2.75, 3.05) is 0 Å². The summed E-state index contributed by atoms with van der Waals surface area (Å²) in [5, 5.41) is 12.1. The Kier molecular flexibility index (Phi) is 2.52. The number of hydrogen-bond donors (Lipinski definition) is 2. The standard InChI is InChI=1S/C9H12N2O2S/c12-8(13)9(2-1-3-9)11-5-7-4-10-6-14-7/h4,6,11H,1-3,5H2,(H,12,13). The average Bonchev–Trinajstić information content (AvgIpc) is 2.53. The van der Waals surface area contributed by atoms with Crippen molar-refractivity contribution >= 4 is 17.3 Å². The lowest BCUT2D eigenvalue weighted by Gasteiger charge is -2.38. The van der Waals surface area contributed by atoms with E-state index >= 15 is 0 Å². The summed E-state index contributed by atoms with van der Waals surface area (Å²) in [6.45, 7) is 0.608. The Morgan fingerprint density at radius 3 is 2.93 bits per heavy atom. The van der Waals surface area contributed by atoms with Gasteiger partial charge in [0, 0.05) is 17.6 Å². The normalized spacial score (nSPS) is 18.9. The maximum absolute atomic E-state index is 11.0. The van der Waals surface area contributed by atoms with Crippen LogP contribution in [0.4, 0.5) is 0 Å². The third kappa shape index (κ3) is 1.65. The van der Waals surface area contributed by atoms with E-state index < -0.39 is 11.5 Å². The highest BCUT2D eigenvalue weighted by Gasteiger charge is 2.43. The van der Waals surface area contributed by atoms with E-state index in [0.717, 1.165) is 24.1 Å². The molecule has 4 nitrogen and oxygen atoms in total. The molecule has 5 heteroatoms. The van der Waals surface area contributed by atoms with Crippen molar-refractivity contribution in [2.24, 2.45) is 0 Å². The number of nitrogens with zero attached hydrogens (tertiary/aromatic N) is 1. The first kappa shape index (κ1) is 9.61. The molecule has 1 aromatic heterocycles. The van der Waals surface area contributed by atoms with Crippen LogP contribution in [0, 0.1) is 0 Å². The van der Waals surface area contributed by atoms with Gasteiger partial charge in [-0.25, -0.2) is 0 Å². The molecule has 0 unspecified atom stereocenters. The molecule has 1 aliphatic carbocycles. The van der Waals surface area contributed by atoms with Crippen molar-refractivity contribution < 1.29 is 9.90 Å². The molecule has 76 valence electrons. The predicted octanol–water partition coefficient (Wildman–Crippen LogP) is 1.24. The van der Waals surface area contributed by atoms with Crippen molar-refractivity contribution in [3.63, 3.8) is 0 Å². The maximum Gasteiger partial charge on any atom is 0.323 e. The number of rotatable bonds is 4. The molecule has 1 aromatic rings. The Morgan fingerprint density at radius 1 is 1.71 bits per heavy atom. The number of aromatic nitrogens is 1. The zero-order chi connectivity index (χ0) is 10.0. The minimum Gasteiger partial charge on any atom is -0.480 e. The smallest absolute Gasteiger partial charge is 0.323 e. The van der Waals surface area contributed by atoms with Crippen LogP contribution in [0.25, 0.3) is 0 Å². The van der Waals surface area contributed by atoms with E-state index in [1.807, 2.05) is 0 Å². The molecule has 1 aliphatic rings. The second-order valence-electron chi connectivity index (χ2n) is 3.56. The van der Waals surface area contributed by atoms with Crippen LogP contribution in [-0.2, 0) is 11.3 Å². The van der Waals surface area contributed by atoms with E-state index in [1.54, 1.807) is 23.0 Å². The largest absolute Gasteiger partial charge is 0.480 e. The summed E-state index contributed by atoms with van der Waals surface area (Å²) >= 11 is 1.54. The summed E-state index contributed by atoms with van der Waals surface area (Å²) in [4.78, 5) is 16.0. The van der Waals surface area contributed by atoms with Crippen LogP contribution in [0.1, 0.15) is 24.1 Å². The molecular weight excluding hydrogens is 200 g/mol. The molecule has 0 saturated heterocycles. The fourth-order valence-electron chi connectivity index (χ4n) is 1.58. The number of thiazole rings is 1. The fourth-order valence-corrected chi connectivity index (χ4v) is 2.12. The Hall–Kier alpha value is -0.940. The highest BCUT2D eigenvalue weighted by Crippen LogP contribution is 2.32. The van der Waals surface area contributed by atoms with E-state index in [2.05, 4.69) is 10.3 Å². The third-order valence-corrected chi connectivity index (χ3v) is 3.48. The average molecular weight is 212 g/mol. The predicted molar refractivity (Wildman–Crippen MR) is 53.2 cm³/mol. The Balaban J connectivity index is 1.93. The van der Waals surface area contributed by atoms with E-state index in [1.165, 1.54) is 0 Å². The van der Waals surface area contributed by atoms with Crippen molar-refractivity contribution in [1.29, 1.82) is 0 Å². The summed E-state index contributed by atoms with van der Waals surface area (Å²) < 4.78 is 0. The molecule has 0 radical (unpaired) electrons. The molecule has 0 spiro atoms. The van der Waals surface area contributed by atoms with Gasteiger partial charge in [0.1, 0.15) is 5.54 Å². The van der Waals surface area contributed by atoms with Gasteiger partial charge in [-0.3, -0.25) is 15.1 Å². The van der Waals surface area contributed by atoms with Gasteiger partial charge in [-0.15, -0.1) is 11.3 Å². The van der Waals surface area contributed by atoms with Crippen LogP contribution in [0.5, 0.6) is 0 Å². The molecule has 2 N–H and O–H groups in total. The Morgan fingerprint density at radius 2 is 2.50 bits per heavy atom. The van der Waals surface area contributed by atoms with Gasteiger partial charge < -0.3 is 5.11 Å². The van der Waals surface area contributed by atoms with Gasteiger partial charge in [-0.2, -0.15) is 0 Å². The topological polar surface area (TPSA) is 62.2 Å². The molecule has 1 fully saturated rings. The summed E-state index contributed by atoms with van der Waals surface area (Å²) in [6, 6.07) is 0. The van der Waals surface area contributed by atoms with Crippen LogP contribution in [0.15, 0.2) is 11.7 Å². The van der Waals surface area contributed by atoms with E-state index in [0.29, 0.717) is 6.54 Å². The molecule has 2 rings (SSSR count). The van der Waals surface area contributed by atoms with E-state index in [4.69, 9.17) is 5.11 Å². The van der Waals surface area contributed by atoms with Crippen molar-refractivity contribution in [1.82, 2.24) is 10.3 Å². The summed E-state index contributed by atoms with van der Waals surface area (Å²) in [7, 11) is 0. The number of hydrogen-bond acceptors (Lipinski definition) is 4. The molecule has 0 aromatic carbocycles. The molecule has 0 atom stereocenters. The van der Waals surface area contributed by atoms with Gasteiger partial charge in [-0.05, 0) is 19.3 Å². The zero-order valence-corrected chi connectivity index (χ0v) is 8.51. The number of carboxylic acid groups (broad SMARTS) is 1. The van der Waals surface area contributed by atoms with Gasteiger partial charge in [0.25, 0.3) is 0 Å². The molecular formula is C9H12N2O2S. The van der Waals surface area contributed by atoms with Crippen molar-refractivity contribution in [3.8, 4) is 0 Å². The molecule has 0 aliphatic heterocycles. The summed E-state index contributed by atoms with van der Waals surface area (Å²) in [5.74, 6) is -0.728. The van der Waals surface area contributed by atoms with Crippen LogP contribution >= 0.6 is 11.3 Å². The quantitative estimate of drug-likeness (QED) is 0.788. The molecule has 14 heavy (non-hydrogen) atoms. The van der Waals surface area contributed by atoms with Crippen LogP contribution < -0.4 is 5.32 Å². The maximum atomic E-state index is 11.0. The number of carboxylic acids is 1. The first-order chi connectivity index (χ1) is 6.73. The number of aliphatic carboxylic acids is 1. The summed E-state index contributed by atoms with van der Waals surface area (Å²) in [6.07, 6.45) is 4.25. The Bertz CT molecular complexity index is 320. The highest BCUT2D eigenvalue weighted by atomic mass is 32.1. The van der Waals surface area contributed by atoms with Gasteiger partial charge in [0.15, 0.2) is 0 Å². The van der Waals surface area contributed by atoms with Gasteiger partial charge in [-0.1, -0.05) is 0 Å². The van der Waals surface area contributed by atoms with Crippen LogP contribution in [0.2, 0.25) is 0 Å². The third-order valence-electron chi connectivity index (χ3n) is 2.70. The first-order valence-electron chi connectivity index (χ1n) is 4.59. The molecule has 1 saturated carbocycles.